The molecular weight excluding hydrogens is 447 g/mol. The average Bonchev–Trinajstić information content (AvgIpc) is 2.90. The number of aromatic nitrogens is 1. The maximum absolute atomic E-state index is 13.1. The second-order valence-corrected chi connectivity index (χ2v) is 7.73. The number of methoxy groups -OCH3 is 1. The number of benzene rings is 3. The first-order valence-electron chi connectivity index (χ1n) is 11.0. The Kier molecular flexibility index (Phi) is 7.47. The molecule has 0 unspecified atom stereocenters. The van der Waals surface area contributed by atoms with Gasteiger partial charge >= 0.3 is 5.97 Å². The largest absolute Gasteiger partial charge is 0.467 e. The summed E-state index contributed by atoms with van der Waals surface area (Å²) in [6, 6.07) is 26.5. The zero-order valence-corrected chi connectivity index (χ0v) is 19.0. The van der Waals surface area contributed by atoms with Crippen molar-refractivity contribution in [3.63, 3.8) is 0 Å². The van der Waals surface area contributed by atoms with E-state index in [2.05, 4.69) is 10.3 Å². The van der Waals surface area contributed by atoms with Crippen LogP contribution in [0.4, 0.5) is 4.39 Å². The fourth-order valence-corrected chi connectivity index (χ4v) is 3.47. The first-order chi connectivity index (χ1) is 17.0. The molecule has 0 saturated heterocycles. The van der Waals surface area contributed by atoms with Crippen molar-refractivity contribution >= 4 is 11.9 Å². The number of carbonyl (C=O) groups excluding carboxylic acids is 2. The van der Waals surface area contributed by atoms with Gasteiger partial charge in [0.05, 0.1) is 12.8 Å². The summed E-state index contributed by atoms with van der Waals surface area (Å²) >= 11 is 0. The quantitative estimate of drug-likeness (QED) is 0.359. The fraction of sp³-hybridized carbons (Fsp3) is 0.107. The topological polar surface area (TPSA) is 77.5 Å². The van der Waals surface area contributed by atoms with Crippen LogP contribution in [0.5, 0.6) is 11.5 Å². The lowest BCUT2D eigenvalue weighted by Crippen LogP contribution is -2.43. The van der Waals surface area contributed by atoms with Crippen molar-refractivity contribution in [3.8, 4) is 22.8 Å². The van der Waals surface area contributed by atoms with Crippen LogP contribution in [-0.2, 0) is 16.0 Å². The standard InChI is InChI=1S/C28H23FN2O4/c1-34-28(33)26(18-19-6-3-2-4-7-19)31-27(32)25-9-5-8-24(30-25)20-10-14-22(15-11-20)35-23-16-12-21(29)13-17-23/h2-17,26H,18H2,1H3,(H,31,32)/t26-/m0/s1. The Balaban J connectivity index is 1.46. The van der Waals surface area contributed by atoms with E-state index in [1.54, 1.807) is 42.5 Å². The molecule has 0 spiro atoms. The van der Waals surface area contributed by atoms with Crippen LogP contribution < -0.4 is 10.1 Å². The molecule has 1 atom stereocenters. The Morgan fingerprint density at radius 3 is 2.17 bits per heavy atom. The lowest BCUT2D eigenvalue weighted by atomic mass is 10.1. The van der Waals surface area contributed by atoms with Crippen LogP contribution in [-0.4, -0.2) is 30.0 Å². The summed E-state index contributed by atoms with van der Waals surface area (Å²) < 4.78 is 23.7. The monoisotopic (exact) mass is 470 g/mol. The van der Waals surface area contributed by atoms with Crippen molar-refractivity contribution in [1.29, 1.82) is 0 Å². The molecule has 4 rings (SSSR count). The lowest BCUT2D eigenvalue weighted by Gasteiger charge is -2.16. The average molecular weight is 471 g/mol. The van der Waals surface area contributed by atoms with E-state index in [0.29, 0.717) is 23.6 Å². The molecule has 4 aromatic rings. The Bertz CT molecular complexity index is 1290. The van der Waals surface area contributed by atoms with Crippen molar-refractivity contribution in [2.24, 2.45) is 0 Å². The highest BCUT2D eigenvalue weighted by Gasteiger charge is 2.23. The Morgan fingerprint density at radius 2 is 1.51 bits per heavy atom. The molecule has 0 aliphatic heterocycles. The third-order valence-corrected chi connectivity index (χ3v) is 5.25. The predicted molar refractivity (Wildman–Crippen MR) is 130 cm³/mol. The summed E-state index contributed by atoms with van der Waals surface area (Å²) in [7, 11) is 1.29. The van der Waals surface area contributed by atoms with Crippen LogP contribution in [0.2, 0.25) is 0 Å². The highest BCUT2D eigenvalue weighted by molar-refractivity contribution is 5.95. The number of nitrogens with zero attached hydrogens (tertiary/aromatic N) is 1. The zero-order valence-electron chi connectivity index (χ0n) is 19.0. The third kappa shape index (κ3) is 6.29. The SMILES string of the molecule is COC(=O)[C@H](Cc1ccccc1)NC(=O)c1cccc(-c2ccc(Oc3ccc(F)cc3)cc2)n1. The molecule has 0 fully saturated rings. The molecule has 1 heterocycles. The summed E-state index contributed by atoms with van der Waals surface area (Å²) in [5, 5.41) is 2.73. The number of halogens is 1. The van der Waals surface area contributed by atoms with E-state index in [1.807, 2.05) is 42.5 Å². The van der Waals surface area contributed by atoms with Crippen molar-refractivity contribution in [2.45, 2.75) is 12.5 Å². The Labute approximate surface area is 202 Å². The highest BCUT2D eigenvalue weighted by atomic mass is 19.1. The van der Waals surface area contributed by atoms with E-state index in [4.69, 9.17) is 9.47 Å². The van der Waals surface area contributed by atoms with E-state index in [-0.39, 0.29) is 11.5 Å². The first-order valence-corrected chi connectivity index (χ1v) is 11.0. The van der Waals surface area contributed by atoms with Crippen LogP contribution >= 0.6 is 0 Å². The highest BCUT2D eigenvalue weighted by Crippen LogP contribution is 2.25. The van der Waals surface area contributed by atoms with Gasteiger partial charge in [0, 0.05) is 12.0 Å². The van der Waals surface area contributed by atoms with E-state index in [0.717, 1.165) is 11.1 Å². The molecule has 0 aliphatic carbocycles. The maximum atomic E-state index is 13.1. The third-order valence-electron chi connectivity index (χ3n) is 5.25. The molecule has 1 aromatic heterocycles. The van der Waals surface area contributed by atoms with Gasteiger partial charge in [-0.1, -0.05) is 36.4 Å². The minimum atomic E-state index is -0.844. The van der Waals surface area contributed by atoms with E-state index < -0.39 is 17.9 Å². The molecule has 0 bridgehead atoms. The maximum Gasteiger partial charge on any atom is 0.328 e. The summed E-state index contributed by atoms with van der Waals surface area (Å²) in [5.74, 6) is -0.243. The van der Waals surface area contributed by atoms with Gasteiger partial charge in [-0.25, -0.2) is 14.2 Å². The van der Waals surface area contributed by atoms with Crippen molar-refractivity contribution in [3.05, 3.63) is 114 Å². The van der Waals surface area contributed by atoms with Crippen LogP contribution in [0.3, 0.4) is 0 Å². The second kappa shape index (κ2) is 11.1. The molecule has 176 valence electrons. The number of esters is 1. The first kappa shape index (κ1) is 23.6. The number of rotatable bonds is 8. The van der Waals surface area contributed by atoms with Crippen LogP contribution in [0.15, 0.2) is 97.1 Å². The number of hydrogen-bond donors (Lipinski definition) is 1. The normalized spacial score (nSPS) is 11.4. The molecule has 7 heteroatoms. The Morgan fingerprint density at radius 1 is 0.857 bits per heavy atom. The molecule has 0 radical (unpaired) electrons. The smallest absolute Gasteiger partial charge is 0.328 e. The van der Waals surface area contributed by atoms with E-state index >= 15 is 0 Å². The number of carbonyl (C=O) groups is 2. The molecule has 3 aromatic carbocycles. The van der Waals surface area contributed by atoms with E-state index in [1.165, 1.54) is 19.2 Å². The number of pyridine rings is 1. The van der Waals surface area contributed by atoms with Gasteiger partial charge in [-0.2, -0.15) is 0 Å². The van der Waals surface area contributed by atoms with Crippen molar-refractivity contribution in [2.75, 3.05) is 7.11 Å². The summed E-state index contributed by atoms with van der Waals surface area (Å²) in [6.07, 6.45) is 0.300. The molecule has 1 amide bonds. The van der Waals surface area contributed by atoms with Gasteiger partial charge in [0.15, 0.2) is 0 Å². The van der Waals surface area contributed by atoms with Gasteiger partial charge in [0.1, 0.15) is 29.1 Å². The molecule has 35 heavy (non-hydrogen) atoms. The van der Waals surface area contributed by atoms with Gasteiger partial charge < -0.3 is 14.8 Å². The minimum absolute atomic E-state index is 0.177. The van der Waals surface area contributed by atoms with Crippen molar-refractivity contribution < 1.29 is 23.5 Å². The predicted octanol–water partition coefficient (Wildman–Crippen LogP) is 5.19. The van der Waals surface area contributed by atoms with Crippen LogP contribution in [0, 0.1) is 5.82 Å². The zero-order chi connectivity index (χ0) is 24.6. The van der Waals surface area contributed by atoms with Crippen LogP contribution in [0.1, 0.15) is 16.1 Å². The van der Waals surface area contributed by atoms with Crippen LogP contribution in [0.25, 0.3) is 11.3 Å². The second-order valence-electron chi connectivity index (χ2n) is 7.73. The van der Waals surface area contributed by atoms with Gasteiger partial charge in [-0.15, -0.1) is 0 Å². The molecule has 0 aliphatic rings. The molecule has 1 N–H and O–H groups in total. The summed E-state index contributed by atoms with van der Waals surface area (Å²) in [5.41, 5.74) is 2.44. The van der Waals surface area contributed by atoms with Gasteiger partial charge in [0.25, 0.3) is 5.91 Å². The number of amides is 1. The van der Waals surface area contributed by atoms with Crippen molar-refractivity contribution in [1.82, 2.24) is 10.3 Å². The number of nitrogens with one attached hydrogen (secondary N) is 1. The summed E-state index contributed by atoms with van der Waals surface area (Å²) in [6.45, 7) is 0. The molecule has 0 saturated carbocycles. The van der Waals surface area contributed by atoms with E-state index in [9.17, 15) is 14.0 Å². The minimum Gasteiger partial charge on any atom is -0.467 e. The number of hydrogen-bond acceptors (Lipinski definition) is 5. The van der Waals surface area contributed by atoms with Gasteiger partial charge in [-0.05, 0) is 66.2 Å². The summed E-state index contributed by atoms with van der Waals surface area (Å²) in [4.78, 5) is 29.6. The Hall–Kier alpha value is -4.52. The van der Waals surface area contributed by atoms with Gasteiger partial charge in [-0.3, -0.25) is 4.79 Å². The fourth-order valence-electron chi connectivity index (χ4n) is 3.47. The molecule has 6 nitrogen and oxygen atoms in total. The lowest BCUT2D eigenvalue weighted by molar-refractivity contribution is -0.142. The van der Waals surface area contributed by atoms with Gasteiger partial charge in [0.2, 0.25) is 0 Å². The number of ether oxygens (including phenoxy) is 2. The molecular formula is C28H23FN2O4.